The van der Waals surface area contributed by atoms with Gasteiger partial charge in [-0.05, 0) is 17.6 Å². The quantitative estimate of drug-likeness (QED) is 0.615. The molecule has 0 N–H and O–H groups in total. The van der Waals surface area contributed by atoms with Crippen LogP contribution in [0.15, 0.2) is 29.6 Å². The van der Waals surface area contributed by atoms with Gasteiger partial charge < -0.3 is 0 Å². The Labute approximate surface area is 115 Å². The molecule has 0 radical (unpaired) electrons. The lowest BCUT2D eigenvalue weighted by molar-refractivity contribution is -0.384. The van der Waals surface area contributed by atoms with E-state index in [0.717, 1.165) is 16.3 Å². The van der Waals surface area contributed by atoms with Crippen LogP contribution in [-0.4, -0.2) is 9.91 Å². The van der Waals surface area contributed by atoms with Gasteiger partial charge in [-0.1, -0.05) is 32.1 Å². The predicted octanol–water partition coefficient (Wildman–Crippen LogP) is 4.35. The Balaban J connectivity index is 2.17. The SMILES string of the molecule is CC(C)c1csc(/C=C/c2cccc([N+](=O)[O-])c2)n1. The second-order valence-electron chi connectivity index (χ2n) is 4.45. The third-order valence-corrected chi connectivity index (χ3v) is 3.46. The molecular formula is C14H14N2O2S. The molecule has 0 unspecified atom stereocenters. The van der Waals surface area contributed by atoms with Crippen LogP contribution < -0.4 is 0 Å². The Morgan fingerprint density at radius 3 is 2.79 bits per heavy atom. The number of nitrogens with zero attached hydrogens (tertiary/aromatic N) is 2. The third kappa shape index (κ3) is 3.48. The molecule has 0 saturated heterocycles. The van der Waals surface area contributed by atoms with Gasteiger partial charge in [-0.25, -0.2) is 4.98 Å². The maximum Gasteiger partial charge on any atom is 0.270 e. The lowest BCUT2D eigenvalue weighted by Crippen LogP contribution is -1.87. The fourth-order valence-corrected chi connectivity index (χ4v) is 2.42. The molecule has 2 aromatic rings. The van der Waals surface area contributed by atoms with Crippen LogP contribution in [0.4, 0.5) is 5.69 Å². The van der Waals surface area contributed by atoms with Crippen molar-refractivity contribution in [2.24, 2.45) is 0 Å². The predicted molar refractivity (Wildman–Crippen MR) is 78.2 cm³/mol. The summed E-state index contributed by atoms with van der Waals surface area (Å²) in [6.07, 6.45) is 3.73. The van der Waals surface area contributed by atoms with E-state index in [1.807, 2.05) is 23.6 Å². The summed E-state index contributed by atoms with van der Waals surface area (Å²) in [5.41, 5.74) is 1.98. The zero-order chi connectivity index (χ0) is 13.8. The normalized spacial score (nSPS) is 11.3. The van der Waals surface area contributed by atoms with Crippen molar-refractivity contribution in [2.75, 3.05) is 0 Å². The van der Waals surface area contributed by atoms with Crippen molar-refractivity contribution < 1.29 is 4.92 Å². The Morgan fingerprint density at radius 2 is 2.16 bits per heavy atom. The monoisotopic (exact) mass is 274 g/mol. The molecular weight excluding hydrogens is 260 g/mol. The van der Waals surface area contributed by atoms with Gasteiger partial charge in [-0.15, -0.1) is 11.3 Å². The van der Waals surface area contributed by atoms with Crippen LogP contribution in [0.1, 0.15) is 36.0 Å². The van der Waals surface area contributed by atoms with Gasteiger partial charge >= 0.3 is 0 Å². The van der Waals surface area contributed by atoms with Crippen molar-refractivity contribution in [2.45, 2.75) is 19.8 Å². The molecule has 1 aromatic heterocycles. The average Bonchev–Trinajstić information content (AvgIpc) is 2.85. The summed E-state index contributed by atoms with van der Waals surface area (Å²) in [5.74, 6) is 0.413. The van der Waals surface area contributed by atoms with Crippen LogP contribution in [-0.2, 0) is 0 Å². The molecule has 0 aliphatic carbocycles. The highest BCUT2D eigenvalue weighted by Gasteiger charge is 2.05. The molecule has 2 rings (SSSR count). The van der Waals surface area contributed by atoms with Crippen molar-refractivity contribution in [1.29, 1.82) is 0 Å². The van der Waals surface area contributed by atoms with Crippen LogP contribution in [0, 0.1) is 10.1 Å². The van der Waals surface area contributed by atoms with E-state index in [-0.39, 0.29) is 5.69 Å². The summed E-state index contributed by atoms with van der Waals surface area (Å²) in [7, 11) is 0. The Bertz CT molecular complexity index is 617. The Morgan fingerprint density at radius 1 is 1.37 bits per heavy atom. The minimum Gasteiger partial charge on any atom is -0.258 e. The number of benzene rings is 1. The van der Waals surface area contributed by atoms with Gasteiger partial charge in [0.15, 0.2) is 0 Å². The largest absolute Gasteiger partial charge is 0.270 e. The third-order valence-electron chi connectivity index (χ3n) is 2.63. The van der Waals surface area contributed by atoms with E-state index < -0.39 is 4.92 Å². The first kappa shape index (κ1) is 13.4. The summed E-state index contributed by atoms with van der Waals surface area (Å²) in [4.78, 5) is 14.8. The molecule has 0 aliphatic heterocycles. The lowest BCUT2D eigenvalue weighted by atomic mass is 10.2. The highest BCUT2D eigenvalue weighted by Crippen LogP contribution is 2.20. The molecule has 98 valence electrons. The van der Waals surface area contributed by atoms with E-state index in [9.17, 15) is 10.1 Å². The van der Waals surface area contributed by atoms with Crippen molar-refractivity contribution in [3.05, 3.63) is 56.0 Å². The highest BCUT2D eigenvalue weighted by molar-refractivity contribution is 7.10. The molecule has 0 bridgehead atoms. The summed E-state index contributed by atoms with van der Waals surface area (Å²) in [5, 5.41) is 13.6. The van der Waals surface area contributed by atoms with Gasteiger partial charge in [-0.3, -0.25) is 10.1 Å². The lowest BCUT2D eigenvalue weighted by Gasteiger charge is -1.96. The molecule has 0 amide bonds. The molecule has 0 aliphatic rings. The fraction of sp³-hybridized carbons (Fsp3) is 0.214. The number of aromatic nitrogens is 1. The number of nitro groups is 1. The van der Waals surface area contributed by atoms with Crippen LogP contribution in [0.25, 0.3) is 12.2 Å². The van der Waals surface area contributed by atoms with E-state index in [0.29, 0.717) is 5.92 Å². The molecule has 19 heavy (non-hydrogen) atoms. The maximum atomic E-state index is 10.7. The Kier molecular flexibility index (Phi) is 4.06. The van der Waals surface area contributed by atoms with Crippen molar-refractivity contribution in [3.63, 3.8) is 0 Å². The van der Waals surface area contributed by atoms with Gasteiger partial charge in [0.2, 0.25) is 0 Å². The number of nitro benzene ring substituents is 1. The smallest absolute Gasteiger partial charge is 0.258 e. The molecule has 0 saturated carbocycles. The second kappa shape index (κ2) is 5.75. The summed E-state index contributed by atoms with van der Waals surface area (Å²) in [6, 6.07) is 6.55. The summed E-state index contributed by atoms with van der Waals surface area (Å²) < 4.78 is 0. The van der Waals surface area contributed by atoms with Gasteiger partial charge in [0.05, 0.1) is 10.6 Å². The zero-order valence-electron chi connectivity index (χ0n) is 10.7. The Hall–Kier alpha value is -2.01. The van der Waals surface area contributed by atoms with Gasteiger partial charge in [0.1, 0.15) is 5.01 Å². The van der Waals surface area contributed by atoms with Crippen molar-refractivity contribution in [1.82, 2.24) is 4.98 Å². The van der Waals surface area contributed by atoms with Crippen LogP contribution >= 0.6 is 11.3 Å². The van der Waals surface area contributed by atoms with E-state index in [2.05, 4.69) is 18.8 Å². The number of hydrogen-bond acceptors (Lipinski definition) is 4. The number of non-ortho nitro benzene ring substituents is 1. The van der Waals surface area contributed by atoms with Crippen molar-refractivity contribution >= 4 is 29.2 Å². The molecule has 0 atom stereocenters. The standard InChI is InChI=1S/C14H14N2O2S/c1-10(2)13-9-19-14(15-13)7-6-11-4-3-5-12(8-11)16(17)18/h3-10H,1-2H3/b7-6+. The van der Waals surface area contributed by atoms with E-state index in [1.165, 1.54) is 6.07 Å². The first-order chi connectivity index (χ1) is 9.06. The summed E-state index contributed by atoms with van der Waals surface area (Å²) >= 11 is 1.58. The van der Waals surface area contributed by atoms with E-state index >= 15 is 0 Å². The zero-order valence-corrected chi connectivity index (χ0v) is 11.6. The molecule has 0 spiro atoms. The molecule has 5 heteroatoms. The highest BCUT2D eigenvalue weighted by atomic mass is 32.1. The van der Waals surface area contributed by atoms with Crippen LogP contribution in [0.5, 0.6) is 0 Å². The maximum absolute atomic E-state index is 10.7. The number of hydrogen-bond donors (Lipinski definition) is 0. The molecule has 1 heterocycles. The van der Waals surface area contributed by atoms with Gasteiger partial charge in [0, 0.05) is 17.5 Å². The molecule has 4 nitrogen and oxygen atoms in total. The number of rotatable bonds is 4. The minimum absolute atomic E-state index is 0.101. The van der Waals surface area contributed by atoms with Crippen LogP contribution in [0.3, 0.4) is 0 Å². The topological polar surface area (TPSA) is 56.0 Å². The van der Waals surface area contributed by atoms with E-state index in [1.54, 1.807) is 23.5 Å². The van der Waals surface area contributed by atoms with Crippen molar-refractivity contribution in [3.8, 4) is 0 Å². The molecule has 0 fully saturated rings. The minimum atomic E-state index is -0.391. The van der Waals surface area contributed by atoms with Gasteiger partial charge in [-0.2, -0.15) is 0 Å². The average molecular weight is 274 g/mol. The van der Waals surface area contributed by atoms with Gasteiger partial charge in [0.25, 0.3) is 5.69 Å². The first-order valence-corrected chi connectivity index (χ1v) is 6.82. The first-order valence-electron chi connectivity index (χ1n) is 5.94. The second-order valence-corrected chi connectivity index (χ2v) is 5.34. The van der Waals surface area contributed by atoms with Crippen LogP contribution in [0.2, 0.25) is 0 Å². The number of thiazole rings is 1. The van der Waals surface area contributed by atoms with E-state index in [4.69, 9.17) is 0 Å². The molecule has 1 aromatic carbocycles. The fourth-order valence-electron chi connectivity index (χ4n) is 1.55. The summed E-state index contributed by atoms with van der Waals surface area (Å²) in [6.45, 7) is 4.20.